The van der Waals surface area contributed by atoms with Gasteiger partial charge in [-0.15, -0.1) is 0 Å². The second kappa shape index (κ2) is 3.84. The number of hydrogen-bond donors (Lipinski definition) is 2. The standard InChI is InChI=1S/C12H16N2O3/c15-11(16)12(6-17-7-12)10-13-5-9(14-10)8-3-1-2-4-8/h5,8H,1-4,6-7H2,(H,13,14)(H,15,16). The highest BCUT2D eigenvalue weighted by Crippen LogP contribution is 2.36. The molecule has 1 aromatic rings. The average molecular weight is 236 g/mol. The first-order valence-corrected chi connectivity index (χ1v) is 6.09. The number of H-pyrrole nitrogens is 1. The van der Waals surface area contributed by atoms with Crippen molar-refractivity contribution in [1.29, 1.82) is 0 Å². The first-order valence-electron chi connectivity index (χ1n) is 6.09. The van der Waals surface area contributed by atoms with Crippen molar-refractivity contribution in [3.05, 3.63) is 17.7 Å². The zero-order valence-electron chi connectivity index (χ0n) is 9.61. The minimum absolute atomic E-state index is 0.222. The lowest BCUT2D eigenvalue weighted by Crippen LogP contribution is -2.53. The van der Waals surface area contributed by atoms with Crippen LogP contribution in [0.15, 0.2) is 6.20 Å². The van der Waals surface area contributed by atoms with Crippen LogP contribution < -0.4 is 0 Å². The number of aliphatic carboxylic acids is 1. The maximum Gasteiger partial charge on any atom is 0.322 e. The Kier molecular flexibility index (Phi) is 2.43. The van der Waals surface area contributed by atoms with E-state index in [4.69, 9.17) is 4.74 Å². The Hall–Kier alpha value is -1.36. The third kappa shape index (κ3) is 1.57. The van der Waals surface area contributed by atoms with Crippen molar-refractivity contribution in [3.8, 4) is 0 Å². The summed E-state index contributed by atoms with van der Waals surface area (Å²) in [4.78, 5) is 18.8. The Morgan fingerprint density at radius 1 is 1.47 bits per heavy atom. The molecule has 1 saturated carbocycles. The molecule has 5 nitrogen and oxygen atoms in total. The summed E-state index contributed by atoms with van der Waals surface area (Å²) >= 11 is 0. The molecular weight excluding hydrogens is 220 g/mol. The number of ether oxygens (including phenoxy) is 1. The van der Waals surface area contributed by atoms with Crippen LogP contribution >= 0.6 is 0 Å². The fourth-order valence-corrected chi connectivity index (χ4v) is 2.69. The zero-order chi connectivity index (χ0) is 11.9. The van der Waals surface area contributed by atoms with Gasteiger partial charge in [-0.1, -0.05) is 12.8 Å². The average Bonchev–Trinajstić information content (AvgIpc) is 2.83. The molecule has 0 aromatic carbocycles. The molecular formula is C12H16N2O3. The smallest absolute Gasteiger partial charge is 0.322 e. The molecule has 0 spiro atoms. The Labute approximate surface area is 99.2 Å². The highest BCUT2D eigenvalue weighted by molar-refractivity contribution is 5.81. The Morgan fingerprint density at radius 3 is 2.71 bits per heavy atom. The highest BCUT2D eigenvalue weighted by Gasteiger charge is 2.50. The number of carboxylic acid groups (broad SMARTS) is 1. The maximum atomic E-state index is 11.3. The fraction of sp³-hybridized carbons (Fsp3) is 0.667. The van der Waals surface area contributed by atoms with Crippen molar-refractivity contribution in [2.45, 2.75) is 37.0 Å². The first kappa shape index (κ1) is 10.8. The number of aromatic nitrogens is 2. The summed E-state index contributed by atoms with van der Waals surface area (Å²) in [6, 6.07) is 0. The van der Waals surface area contributed by atoms with E-state index in [-0.39, 0.29) is 13.2 Å². The van der Waals surface area contributed by atoms with Gasteiger partial charge in [-0.3, -0.25) is 4.79 Å². The van der Waals surface area contributed by atoms with E-state index in [0.29, 0.717) is 11.7 Å². The third-order valence-electron chi connectivity index (χ3n) is 3.95. The summed E-state index contributed by atoms with van der Waals surface area (Å²) in [6.45, 7) is 0.444. The zero-order valence-corrected chi connectivity index (χ0v) is 9.61. The molecule has 1 saturated heterocycles. The summed E-state index contributed by atoms with van der Waals surface area (Å²) < 4.78 is 5.05. The molecule has 1 aromatic heterocycles. The fourth-order valence-electron chi connectivity index (χ4n) is 2.69. The number of aromatic amines is 1. The number of imidazole rings is 1. The van der Waals surface area contributed by atoms with E-state index in [1.54, 1.807) is 6.20 Å². The van der Waals surface area contributed by atoms with Gasteiger partial charge in [-0.05, 0) is 12.8 Å². The number of nitrogens with one attached hydrogen (secondary N) is 1. The second-order valence-electron chi connectivity index (χ2n) is 5.05. The molecule has 2 aliphatic rings. The number of rotatable bonds is 3. The summed E-state index contributed by atoms with van der Waals surface area (Å²) in [6.07, 6.45) is 6.67. The van der Waals surface area contributed by atoms with Crippen molar-refractivity contribution >= 4 is 5.97 Å². The molecule has 1 aliphatic heterocycles. The summed E-state index contributed by atoms with van der Waals surface area (Å²) in [5, 5.41) is 9.27. The van der Waals surface area contributed by atoms with Crippen LogP contribution in [0.5, 0.6) is 0 Å². The number of hydrogen-bond acceptors (Lipinski definition) is 3. The largest absolute Gasteiger partial charge is 0.480 e. The van der Waals surface area contributed by atoms with E-state index in [9.17, 15) is 9.90 Å². The summed E-state index contributed by atoms with van der Waals surface area (Å²) in [5.41, 5.74) is 0.154. The molecule has 0 unspecified atom stereocenters. The molecule has 2 heterocycles. The maximum absolute atomic E-state index is 11.3. The van der Waals surface area contributed by atoms with Gasteiger partial charge in [-0.2, -0.15) is 0 Å². The van der Waals surface area contributed by atoms with Gasteiger partial charge in [0.05, 0.1) is 13.2 Å². The van der Waals surface area contributed by atoms with Crippen LogP contribution in [-0.4, -0.2) is 34.3 Å². The number of carboxylic acids is 1. The lowest BCUT2D eigenvalue weighted by molar-refractivity contribution is -0.163. The number of carbonyl (C=O) groups is 1. The van der Waals surface area contributed by atoms with E-state index in [1.165, 1.54) is 25.7 Å². The molecule has 0 radical (unpaired) electrons. The number of nitrogens with zero attached hydrogens (tertiary/aromatic N) is 1. The van der Waals surface area contributed by atoms with Gasteiger partial charge < -0.3 is 14.8 Å². The normalized spacial score (nSPS) is 23.5. The van der Waals surface area contributed by atoms with E-state index in [1.807, 2.05) is 0 Å². The van der Waals surface area contributed by atoms with Crippen molar-refractivity contribution in [3.63, 3.8) is 0 Å². The molecule has 2 fully saturated rings. The van der Waals surface area contributed by atoms with Gasteiger partial charge in [0.1, 0.15) is 5.82 Å². The van der Waals surface area contributed by atoms with Gasteiger partial charge in [0.15, 0.2) is 5.41 Å². The summed E-state index contributed by atoms with van der Waals surface area (Å²) in [7, 11) is 0. The van der Waals surface area contributed by atoms with Crippen molar-refractivity contribution in [2.75, 3.05) is 13.2 Å². The Bertz CT molecular complexity index is 431. The molecule has 0 bridgehead atoms. The van der Waals surface area contributed by atoms with Crippen LogP contribution in [0.3, 0.4) is 0 Å². The van der Waals surface area contributed by atoms with Gasteiger partial charge >= 0.3 is 5.97 Å². The molecule has 17 heavy (non-hydrogen) atoms. The summed E-state index contributed by atoms with van der Waals surface area (Å²) in [5.74, 6) is 0.234. The van der Waals surface area contributed by atoms with E-state index >= 15 is 0 Å². The van der Waals surface area contributed by atoms with Crippen molar-refractivity contribution < 1.29 is 14.6 Å². The van der Waals surface area contributed by atoms with Gasteiger partial charge in [-0.25, -0.2) is 4.98 Å². The topological polar surface area (TPSA) is 75.2 Å². The molecule has 0 atom stereocenters. The van der Waals surface area contributed by atoms with Crippen LogP contribution in [0.25, 0.3) is 0 Å². The third-order valence-corrected chi connectivity index (χ3v) is 3.95. The van der Waals surface area contributed by atoms with Crippen LogP contribution in [0, 0.1) is 0 Å². The van der Waals surface area contributed by atoms with Crippen LogP contribution in [-0.2, 0) is 14.9 Å². The van der Waals surface area contributed by atoms with Crippen LogP contribution in [0.4, 0.5) is 0 Å². The molecule has 5 heteroatoms. The predicted octanol–water partition coefficient (Wildman–Crippen LogP) is 1.42. The molecule has 1 aliphatic carbocycles. The van der Waals surface area contributed by atoms with Crippen molar-refractivity contribution in [1.82, 2.24) is 9.97 Å². The molecule has 2 N–H and O–H groups in total. The molecule has 0 amide bonds. The van der Waals surface area contributed by atoms with E-state index in [2.05, 4.69) is 9.97 Å². The lowest BCUT2D eigenvalue weighted by atomic mass is 9.85. The monoisotopic (exact) mass is 236 g/mol. The van der Waals surface area contributed by atoms with Crippen LogP contribution in [0.2, 0.25) is 0 Å². The minimum atomic E-state index is -0.934. The van der Waals surface area contributed by atoms with E-state index < -0.39 is 11.4 Å². The SMILES string of the molecule is O=C(O)C1(c2ncc(C3CCCC3)[nH]2)COC1. The van der Waals surface area contributed by atoms with E-state index in [0.717, 1.165) is 5.69 Å². The predicted molar refractivity (Wildman–Crippen MR) is 59.9 cm³/mol. The highest BCUT2D eigenvalue weighted by atomic mass is 16.5. The second-order valence-corrected chi connectivity index (χ2v) is 5.05. The Balaban J connectivity index is 1.86. The van der Waals surface area contributed by atoms with Gasteiger partial charge in [0.25, 0.3) is 0 Å². The molecule has 3 rings (SSSR count). The minimum Gasteiger partial charge on any atom is -0.480 e. The quantitative estimate of drug-likeness (QED) is 0.832. The molecule has 92 valence electrons. The Morgan fingerprint density at radius 2 is 2.18 bits per heavy atom. The van der Waals surface area contributed by atoms with Crippen molar-refractivity contribution in [2.24, 2.45) is 0 Å². The first-order chi connectivity index (χ1) is 8.22. The van der Waals surface area contributed by atoms with Gasteiger partial charge in [0.2, 0.25) is 0 Å². The lowest BCUT2D eigenvalue weighted by Gasteiger charge is -2.35. The van der Waals surface area contributed by atoms with Gasteiger partial charge in [0, 0.05) is 17.8 Å². The van der Waals surface area contributed by atoms with Crippen LogP contribution in [0.1, 0.15) is 43.1 Å².